The van der Waals surface area contributed by atoms with E-state index in [1.165, 1.54) is 0 Å². The zero-order valence-electron chi connectivity index (χ0n) is 8.79. The third kappa shape index (κ3) is 1.67. The highest BCUT2D eigenvalue weighted by Crippen LogP contribution is 2.20. The second-order valence-electron chi connectivity index (χ2n) is 3.55. The van der Waals surface area contributed by atoms with Gasteiger partial charge in [0.1, 0.15) is 0 Å². The summed E-state index contributed by atoms with van der Waals surface area (Å²) in [6.07, 6.45) is 3.85. The van der Waals surface area contributed by atoms with Gasteiger partial charge in [-0.1, -0.05) is 6.07 Å². The standard InChI is InChI=1S/C12H8N4O/c17-6-12-13-4-3-9(16-12)8-1-2-10-11(5-8)15-7-14-10/h1-7H,(H,14,15). The number of hydrogen-bond donors (Lipinski definition) is 1. The van der Waals surface area contributed by atoms with Gasteiger partial charge in [0.25, 0.3) is 0 Å². The first-order valence-corrected chi connectivity index (χ1v) is 5.08. The van der Waals surface area contributed by atoms with Crippen LogP contribution in [0, 0.1) is 0 Å². The maximum atomic E-state index is 10.6. The Kier molecular flexibility index (Phi) is 2.15. The summed E-state index contributed by atoms with van der Waals surface area (Å²) in [5.74, 6) is 0.187. The zero-order chi connectivity index (χ0) is 11.7. The van der Waals surface area contributed by atoms with E-state index in [4.69, 9.17) is 0 Å². The molecule has 0 amide bonds. The molecule has 0 bridgehead atoms. The van der Waals surface area contributed by atoms with E-state index in [0.717, 1.165) is 22.3 Å². The van der Waals surface area contributed by atoms with Gasteiger partial charge >= 0.3 is 0 Å². The highest BCUT2D eigenvalue weighted by atomic mass is 16.1. The largest absolute Gasteiger partial charge is 0.345 e. The number of carbonyl (C=O) groups excluding carboxylic acids is 1. The predicted octanol–water partition coefficient (Wildman–Crippen LogP) is 1.83. The number of hydrogen-bond acceptors (Lipinski definition) is 4. The Bertz CT molecular complexity index is 690. The van der Waals surface area contributed by atoms with Gasteiger partial charge in [0.2, 0.25) is 0 Å². The molecule has 3 rings (SSSR count). The van der Waals surface area contributed by atoms with Gasteiger partial charge < -0.3 is 4.98 Å². The third-order valence-electron chi connectivity index (χ3n) is 2.50. The van der Waals surface area contributed by atoms with E-state index in [1.807, 2.05) is 18.2 Å². The minimum Gasteiger partial charge on any atom is -0.345 e. The lowest BCUT2D eigenvalue weighted by molar-refractivity contribution is 0.111. The Labute approximate surface area is 96.6 Å². The highest BCUT2D eigenvalue weighted by molar-refractivity contribution is 5.81. The van der Waals surface area contributed by atoms with Gasteiger partial charge in [-0.15, -0.1) is 0 Å². The molecule has 5 heteroatoms. The van der Waals surface area contributed by atoms with Gasteiger partial charge in [-0.25, -0.2) is 15.0 Å². The third-order valence-corrected chi connectivity index (χ3v) is 2.50. The first-order valence-electron chi connectivity index (χ1n) is 5.08. The number of nitrogens with one attached hydrogen (secondary N) is 1. The lowest BCUT2D eigenvalue weighted by Crippen LogP contribution is -1.93. The number of fused-ring (bicyclic) bond motifs is 1. The van der Waals surface area contributed by atoms with Crippen molar-refractivity contribution in [1.82, 2.24) is 19.9 Å². The molecule has 0 radical (unpaired) electrons. The summed E-state index contributed by atoms with van der Waals surface area (Å²) in [7, 11) is 0. The molecule has 2 aromatic heterocycles. The van der Waals surface area contributed by atoms with Gasteiger partial charge in [-0.3, -0.25) is 4.79 Å². The first-order chi connectivity index (χ1) is 8.36. The molecule has 5 nitrogen and oxygen atoms in total. The molecule has 0 saturated carbocycles. The summed E-state index contributed by atoms with van der Waals surface area (Å²) in [4.78, 5) is 25.8. The number of carbonyl (C=O) groups is 1. The maximum absolute atomic E-state index is 10.6. The smallest absolute Gasteiger partial charge is 0.193 e. The molecule has 0 aliphatic carbocycles. The van der Waals surface area contributed by atoms with Crippen molar-refractivity contribution in [2.24, 2.45) is 0 Å². The summed E-state index contributed by atoms with van der Waals surface area (Å²) in [5, 5.41) is 0. The van der Waals surface area contributed by atoms with E-state index in [2.05, 4.69) is 19.9 Å². The predicted molar refractivity (Wildman–Crippen MR) is 62.5 cm³/mol. The number of aromatic nitrogens is 4. The van der Waals surface area contributed by atoms with E-state index in [0.29, 0.717) is 6.29 Å². The van der Waals surface area contributed by atoms with Gasteiger partial charge in [0.05, 0.1) is 23.1 Å². The van der Waals surface area contributed by atoms with Crippen LogP contribution in [0.2, 0.25) is 0 Å². The van der Waals surface area contributed by atoms with Crippen LogP contribution < -0.4 is 0 Å². The molecule has 0 atom stereocenters. The van der Waals surface area contributed by atoms with Crippen LogP contribution in [0.4, 0.5) is 0 Å². The monoisotopic (exact) mass is 224 g/mol. The van der Waals surface area contributed by atoms with Gasteiger partial charge in [-0.05, 0) is 18.2 Å². The van der Waals surface area contributed by atoms with E-state index in [-0.39, 0.29) is 5.82 Å². The zero-order valence-corrected chi connectivity index (χ0v) is 8.79. The summed E-state index contributed by atoms with van der Waals surface area (Å²) >= 11 is 0. The van der Waals surface area contributed by atoms with Crippen molar-refractivity contribution >= 4 is 17.3 Å². The molecular weight excluding hydrogens is 216 g/mol. The second kappa shape index (κ2) is 3.79. The fourth-order valence-corrected chi connectivity index (χ4v) is 1.69. The second-order valence-corrected chi connectivity index (χ2v) is 3.55. The molecule has 1 aromatic carbocycles. The Balaban J connectivity index is 2.15. The molecule has 0 aliphatic heterocycles. The number of H-pyrrole nitrogens is 1. The Morgan fingerprint density at radius 2 is 2.12 bits per heavy atom. The quantitative estimate of drug-likeness (QED) is 0.674. The molecule has 82 valence electrons. The van der Waals surface area contributed by atoms with Crippen molar-refractivity contribution in [3.05, 3.63) is 42.6 Å². The Morgan fingerprint density at radius 3 is 3.00 bits per heavy atom. The molecule has 1 N–H and O–H groups in total. The van der Waals surface area contributed by atoms with Crippen LogP contribution in [0.15, 0.2) is 36.8 Å². The molecular formula is C12H8N4O. The van der Waals surface area contributed by atoms with Crippen LogP contribution in [-0.2, 0) is 0 Å². The van der Waals surface area contributed by atoms with E-state index in [1.54, 1.807) is 18.6 Å². The van der Waals surface area contributed by atoms with Crippen LogP contribution in [-0.4, -0.2) is 26.2 Å². The lowest BCUT2D eigenvalue weighted by atomic mass is 10.1. The molecule has 3 aromatic rings. The van der Waals surface area contributed by atoms with Gasteiger partial charge in [0, 0.05) is 11.8 Å². The van der Waals surface area contributed by atoms with E-state index in [9.17, 15) is 4.79 Å². The van der Waals surface area contributed by atoms with Crippen LogP contribution in [0.3, 0.4) is 0 Å². The summed E-state index contributed by atoms with van der Waals surface area (Å²) < 4.78 is 0. The van der Waals surface area contributed by atoms with Crippen LogP contribution in [0.1, 0.15) is 10.6 Å². The fourth-order valence-electron chi connectivity index (χ4n) is 1.69. The van der Waals surface area contributed by atoms with Crippen LogP contribution in [0.25, 0.3) is 22.3 Å². The van der Waals surface area contributed by atoms with Gasteiger partial charge in [0.15, 0.2) is 12.1 Å². The van der Waals surface area contributed by atoms with Crippen molar-refractivity contribution in [2.75, 3.05) is 0 Å². The minimum absolute atomic E-state index is 0.187. The molecule has 0 unspecified atom stereocenters. The number of aromatic amines is 1. The molecule has 17 heavy (non-hydrogen) atoms. The first kappa shape index (κ1) is 9.65. The molecule has 0 fully saturated rings. The Morgan fingerprint density at radius 1 is 1.18 bits per heavy atom. The van der Waals surface area contributed by atoms with Crippen molar-refractivity contribution in [3.8, 4) is 11.3 Å². The minimum atomic E-state index is 0.187. The number of rotatable bonds is 2. The van der Waals surface area contributed by atoms with Gasteiger partial charge in [-0.2, -0.15) is 0 Å². The lowest BCUT2D eigenvalue weighted by Gasteiger charge is -2.00. The number of imidazole rings is 1. The average Bonchev–Trinajstić information content (AvgIpc) is 2.86. The summed E-state index contributed by atoms with van der Waals surface area (Å²) in [5.41, 5.74) is 3.48. The van der Waals surface area contributed by atoms with Crippen molar-refractivity contribution in [1.29, 1.82) is 0 Å². The van der Waals surface area contributed by atoms with Crippen molar-refractivity contribution in [3.63, 3.8) is 0 Å². The topological polar surface area (TPSA) is 71.5 Å². The SMILES string of the molecule is O=Cc1nccc(-c2ccc3nc[nH]c3c2)n1. The normalized spacial score (nSPS) is 10.6. The van der Waals surface area contributed by atoms with Crippen LogP contribution >= 0.6 is 0 Å². The molecule has 0 saturated heterocycles. The number of aldehydes is 1. The molecule has 2 heterocycles. The summed E-state index contributed by atoms with van der Waals surface area (Å²) in [6.45, 7) is 0. The number of benzene rings is 1. The van der Waals surface area contributed by atoms with E-state index >= 15 is 0 Å². The summed E-state index contributed by atoms with van der Waals surface area (Å²) in [6, 6.07) is 7.54. The highest BCUT2D eigenvalue weighted by Gasteiger charge is 2.03. The van der Waals surface area contributed by atoms with Crippen molar-refractivity contribution in [2.45, 2.75) is 0 Å². The van der Waals surface area contributed by atoms with E-state index < -0.39 is 0 Å². The number of nitrogens with zero attached hydrogens (tertiary/aromatic N) is 3. The van der Waals surface area contributed by atoms with Crippen molar-refractivity contribution < 1.29 is 4.79 Å². The fraction of sp³-hybridized carbons (Fsp3) is 0. The molecule has 0 spiro atoms. The maximum Gasteiger partial charge on any atom is 0.193 e. The van der Waals surface area contributed by atoms with Crippen LogP contribution in [0.5, 0.6) is 0 Å². The Hall–Kier alpha value is -2.56. The average molecular weight is 224 g/mol. The molecule has 0 aliphatic rings.